The van der Waals surface area contributed by atoms with E-state index in [1.807, 2.05) is 0 Å². The number of fused-ring (bicyclic) bond motifs is 1. The van der Waals surface area contributed by atoms with Gasteiger partial charge in [0.15, 0.2) is 6.29 Å². The summed E-state index contributed by atoms with van der Waals surface area (Å²) in [4.78, 5) is 33.2. The first kappa shape index (κ1) is 14.9. The summed E-state index contributed by atoms with van der Waals surface area (Å²) in [5.41, 5.74) is -0.353. The minimum atomic E-state index is -1.51. The van der Waals surface area contributed by atoms with Crippen LogP contribution in [0.5, 0.6) is 0 Å². The Labute approximate surface area is 118 Å². The molecule has 0 aliphatic rings. The van der Waals surface area contributed by atoms with E-state index in [0.29, 0.717) is 6.29 Å². The third kappa shape index (κ3) is 2.99. The number of carboxylic acids is 1. The molecule has 1 aromatic heterocycles. The fourth-order valence-corrected chi connectivity index (χ4v) is 1.94. The standard InChI is InChI=1S/C14H12O7/c15-5-8-6-21-11-2-1-7(3-9(11)13(8)19)14(20)10(16)4-12(17)18/h1-3,5-6,10,14,16,20H,4H2,(H,17,18). The zero-order valence-corrected chi connectivity index (χ0v) is 10.7. The average molecular weight is 292 g/mol. The summed E-state index contributed by atoms with van der Waals surface area (Å²) in [5, 5.41) is 28.2. The van der Waals surface area contributed by atoms with E-state index in [1.54, 1.807) is 0 Å². The van der Waals surface area contributed by atoms with Gasteiger partial charge >= 0.3 is 5.97 Å². The first-order valence-electron chi connectivity index (χ1n) is 6.02. The van der Waals surface area contributed by atoms with Gasteiger partial charge in [0.25, 0.3) is 0 Å². The van der Waals surface area contributed by atoms with Crippen molar-refractivity contribution in [2.24, 2.45) is 0 Å². The summed E-state index contributed by atoms with van der Waals surface area (Å²) < 4.78 is 5.10. The van der Waals surface area contributed by atoms with Gasteiger partial charge in [-0.05, 0) is 17.7 Å². The van der Waals surface area contributed by atoms with Gasteiger partial charge in [0.05, 0.1) is 23.5 Å². The van der Waals surface area contributed by atoms with E-state index in [4.69, 9.17) is 9.52 Å². The highest BCUT2D eigenvalue weighted by Gasteiger charge is 2.22. The number of aldehydes is 1. The second kappa shape index (κ2) is 5.86. The Kier molecular flexibility index (Phi) is 4.15. The van der Waals surface area contributed by atoms with Crippen LogP contribution in [0, 0.1) is 0 Å². The lowest BCUT2D eigenvalue weighted by molar-refractivity contribution is -0.141. The first-order valence-corrected chi connectivity index (χ1v) is 6.02. The second-order valence-corrected chi connectivity index (χ2v) is 4.50. The highest BCUT2D eigenvalue weighted by Crippen LogP contribution is 2.22. The molecule has 2 unspecified atom stereocenters. The lowest BCUT2D eigenvalue weighted by atomic mass is 10.00. The van der Waals surface area contributed by atoms with Crippen molar-refractivity contribution in [2.75, 3.05) is 0 Å². The maximum atomic E-state index is 12.0. The molecule has 1 heterocycles. The van der Waals surface area contributed by atoms with Gasteiger partial charge in [0.2, 0.25) is 5.43 Å². The van der Waals surface area contributed by atoms with Crippen molar-refractivity contribution in [2.45, 2.75) is 18.6 Å². The van der Waals surface area contributed by atoms with Crippen LogP contribution in [-0.4, -0.2) is 33.7 Å². The molecule has 2 rings (SSSR count). The Morgan fingerprint density at radius 1 is 1.33 bits per heavy atom. The van der Waals surface area contributed by atoms with Crippen LogP contribution in [0.4, 0.5) is 0 Å². The number of hydrogen-bond donors (Lipinski definition) is 3. The van der Waals surface area contributed by atoms with E-state index in [9.17, 15) is 24.6 Å². The van der Waals surface area contributed by atoms with E-state index in [-0.39, 0.29) is 22.1 Å². The number of carbonyl (C=O) groups is 2. The molecular formula is C14H12O7. The number of aliphatic hydroxyl groups excluding tert-OH is 2. The topological polar surface area (TPSA) is 125 Å². The van der Waals surface area contributed by atoms with Crippen molar-refractivity contribution >= 4 is 23.2 Å². The van der Waals surface area contributed by atoms with Gasteiger partial charge < -0.3 is 19.7 Å². The molecule has 2 aromatic rings. The van der Waals surface area contributed by atoms with E-state index in [1.165, 1.54) is 18.2 Å². The van der Waals surface area contributed by atoms with E-state index < -0.39 is 30.0 Å². The van der Waals surface area contributed by atoms with Gasteiger partial charge in [0.1, 0.15) is 18.0 Å². The van der Waals surface area contributed by atoms with Crippen LogP contribution in [0.2, 0.25) is 0 Å². The van der Waals surface area contributed by atoms with E-state index in [2.05, 4.69) is 0 Å². The summed E-state index contributed by atoms with van der Waals surface area (Å²) >= 11 is 0. The number of rotatable bonds is 5. The van der Waals surface area contributed by atoms with Crippen LogP contribution in [-0.2, 0) is 4.79 Å². The van der Waals surface area contributed by atoms with Crippen molar-refractivity contribution in [1.82, 2.24) is 0 Å². The quantitative estimate of drug-likeness (QED) is 0.684. The molecule has 0 saturated heterocycles. The third-order valence-electron chi connectivity index (χ3n) is 3.04. The molecule has 0 amide bonds. The monoisotopic (exact) mass is 292 g/mol. The van der Waals surface area contributed by atoms with Crippen molar-refractivity contribution in [3.05, 3.63) is 45.8 Å². The third-order valence-corrected chi connectivity index (χ3v) is 3.04. The number of aliphatic hydroxyl groups is 2. The number of carbonyl (C=O) groups excluding carboxylic acids is 1. The van der Waals surface area contributed by atoms with Gasteiger partial charge in [-0.1, -0.05) is 6.07 Å². The molecule has 21 heavy (non-hydrogen) atoms. The van der Waals surface area contributed by atoms with Crippen molar-refractivity contribution < 1.29 is 29.3 Å². The van der Waals surface area contributed by atoms with Gasteiger partial charge in [-0.15, -0.1) is 0 Å². The Morgan fingerprint density at radius 3 is 2.67 bits per heavy atom. The highest BCUT2D eigenvalue weighted by atomic mass is 16.4. The minimum absolute atomic E-state index is 0.0682. The molecule has 0 bridgehead atoms. The fourth-order valence-electron chi connectivity index (χ4n) is 1.94. The molecular weight excluding hydrogens is 280 g/mol. The Bertz CT molecular complexity index is 747. The molecule has 7 nitrogen and oxygen atoms in total. The van der Waals surface area contributed by atoms with Crippen LogP contribution < -0.4 is 5.43 Å². The number of aliphatic carboxylic acids is 1. The van der Waals surface area contributed by atoms with Crippen LogP contribution in [0.1, 0.15) is 28.4 Å². The van der Waals surface area contributed by atoms with Gasteiger partial charge in [-0.2, -0.15) is 0 Å². The molecule has 110 valence electrons. The predicted molar refractivity (Wildman–Crippen MR) is 71.1 cm³/mol. The van der Waals surface area contributed by atoms with E-state index >= 15 is 0 Å². The maximum absolute atomic E-state index is 12.0. The van der Waals surface area contributed by atoms with Gasteiger partial charge in [-0.25, -0.2) is 0 Å². The lowest BCUT2D eigenvalue weighted by Gasteiger charge is -2.16. The summed E-state index contributed by atoms with van der Waals surface area (Å²) in [6.45, 7) is 0. The first-order chi connectivity index (χ1) is 9.93. The predicted octanol–water partition coefficient (Wildman–Crippen LogP) is 0.474. The zero-order valence-electron chi connectivity index (χ0n) is 10.7. The molecule has 2 atom stereocenters. The lowest BCUT2D eigenvalue weighted by Crippen LogP contribution is -2.22. The zero-order chi connectivity index (χ0) is 15.6. The van der Waals surface area contributed by atoms with Gasteiger partial charge in [-0.3, -0.25) is 14.4 Å². The summed E-state index contributed by atoms with van der Waals surface area (Å²) in [5.74, 6) is -1.26. The molecule has 0 fully saturated rings. The van der Waals surface area contributed by atoms with Crippen LogP contribution in [0.25, 0.3) is 11.0 Å². The number of hydrogen-bond acceptors (Lipinski definition) is 6. The Balaban J connectivity index is 2.46. The fraction of sp³-hybridized carbons (Fsp3) is 0.214. The highest BCUT2D eigenvalue weighted by molar-refractivity contribution is 5.84. The molecule has 3 N–H and O–H groups in total. The Morgan fingerprint density at radius 2 is 2.05 bits per heavy atom. The van der Waals surface area contributed by atoms with Gasteiger partial charge in [0, 0.05) is 0 Å². The maximum Gasteiger partial charge on any atom is 0.306 e. The molecule has 0 spiro atoms. The van der Waals surface area contributed by atoms with Crippen LogP contribution in [0.15, 0.2) is 33.7 Å². The number of carboxylic acid groups (broad SMARTS) is 1. The molecule has 0 aliphatic carbocycles. The number of benzene rings is 1. The molecule has 0 aliphatic heterocycles. The van der Waals surface area contributed by atoms with Crippen molar-refractivity contribution in [3.63, 3.8) is 0 Å². The summed E-state index contributed by atoms with van der Waals surface area (Å²) in [6, 6.07) is 4.07. The smallest absolute Gasteiger partial charge is 0.306 e. The summed E-state index contributed by atoms with van der Waals surface area (Å²) in [6.07, 6.45) is -2.23. The Hall–Kier alpha value is -2.51. The largest absolute Gasteiger partial charge is 0.481 e. The minimum Gasteiger partial charge on any atom is -0.481 e. The van der Waals surface area contributed by atoms with Crippen molar-refractivity contribution in [1.29, 1.82) is 0 Å². The van der Waals surface area contributed by atoms with Crippen LogP contribution in [0.3, 0.4) is 0 Å². The second-order valence-electron chi connectivity index (χ2n) is 4.50. The van der Waals surface area contributed by atoms with Crippen LogP contribution >= 0.6 is 0 Å². The van der Waals surface area contributed by atoms with E-state index in [0.717, 1.165) is 6.26 Å². The summed E-state index contributed by atoms with van der Waals surface area (Å²) in [7, 11) is 0. The van der Waals surface area contributed by atoms with Crippen molar-refractivity contribution in [3.8, 4) is 0 Å². The SMILES string of the molecule is O=Cc1coc2ccc(C(O)C(O)CC(=O)O)cc2c1=O. The molecule has 0 saturated carbocycles. The average Bonchev–Trinajstić information content (AvgIpc) is 2.46. The normalized spacial score (nSPS) is 13.8. The molecule has 7 heteroatoms. The molecule has 1 aromatic carbocycles. The molecule has 0 radical (unpaired) electrons.